The Hall–Kier alpha value is -2.60. The molecule has 2 aromatic carbocycles. The summed E-state index contributed by atoms with van der Waals surface area (Å²) in [6.45, 7) is 4.91. The highest BCUT2D eigenvalue weighted by Crippen LogP contribution is 2.40. The van der Waals surface area contributed by atoms with E-state index in [0.717, 1.165) is 29.5 Å². The first kappa shape index (κ1) is 20.7. The first-order valence-electron chi connectivity index (χ1n) is 10.6. The Labute approximate surface area is 182 Å². The van der Waals surface area contributed by atoms with Gasteiger partial charge >= 0.3 is 0 Å². The number of carbonyl (C=O) groups excluding carboxylic acids is 1. The standard InChI is InChI=1S/C24H28N4OS/c1-3-21(19-11-9-17(2)10-12-19)25-22(29)16-30-24-27-26-23(20-13-14-20)28(24)15-18-7-5-4-6-8-18/h4-12,20-21H,3,13-16H2,1-2H3,(H,25,29)/t21-/m0/s1. The molecule has 30 heavy (non-hydrogen) atoms. The topological polar surface area (TPSA) is 59.8 Å². The summed E-state index contributed by atoms with van der Waals surface area (Å²) in [6.07, 6.45) is 3.20. The number of hydrogen-bond donors (Lipinski definition) is 1. The number of aromatic nitrogens is 3. The van der Waals surface area contributed by atoms with Crippen LogP contribution in [0.1, 0.15) is 60.7 Å². The molecule has 1 saturated carbocycles. The highest BCUT2D eigenvalue weighted by molar-refractivity contribution is 7.99. The Bertz CT molecular complexity index is 980. The normalized spacial score (nSPS) is 14.5. The Balaban J connectivity index is 1.41. The van der Waals surface area contributed by atoms with Crippen LogP contribution in [0, 0.1) is 6.92 Å². The van der Waals surface area contributed by atoms with Crippen LogP contribution in [-0.4, -0.2) is 26.4 Å². The lowest BCUT2D eigenvalue weighted by Crippen LogP contribution is -2.29. The molecule has 4 rings (SSSR count). The molecule has 1 atom stereocenters. The van der Waals surface area contributed by atoms with Crippen molar-refractivity contribution in [2.24, 2.45) is 0 Å². The summed E-state index contributed by atoms with van der Waals surface area (Å²) in [4.78, 5) is 12.7. The van der Waals surface area contributed by atoms with Crippen LogP contribution in [0.5, 0.6) is 0 Å². The number of rotatable bonds is 9. The molecule has 1 fully saturated rings. The van der Waals surface area contributed by atoms with E-state index in [1.54, 1.807) is 0 Å². The molecule has 0 unspecified atom stereocenters. The summed E-state index contributed by atoms with van der Waals surface area (Å²) >= 11 is 1.47. The van der Waals surface area contributed by atoms with Crippen LogP contribution in [0.2, 0.25) is 0 Å². The maximum absolute atomic E-state index is 12.7. The fourth-order valence-corrected chi connectivity index (χ4v) is 4.31. The molecule has 0 bridgehead atoms. The van der Waals surface area contributed by atoms with Gasteiger partial charge in [0.25, 0.3) is 0 Å². The van der Waals surface area contributed by atoms with Crippen LogP contribution >= 0.6 is 11.8 Å². The fraction of sp³-hybridized carbons (Fsp3) is 0.375. The number of nitrogens with zero attached hydrogens (tertiary/aromatic N) is 3. The minimum Gasteiger partial charge on any atom is -0.349 e. The Morgan fingerprint density at radius 3 is 2.53 bits per heavy atom. The molecule has 156 valence electrons. The Morgan fingerprint density at radius 1 is 1.13 bits per heavy atom. The monoisotopic (exact) mass is 420 g/mol. The van der Waals surface area contributed by atoms with Gasteiger partial charge in [-0.05, 0) is 37.3 Å². The lowest BCUT2D eigenvalue weighted by molar-refractivity contribution is -0.119. The number of hydrogen-bond acceptors (Lipinski definition) is 4. The summed E-state index contributed by atoms with van der Waals surface area (Å²) in [5, 5.41) is 12.8. The largest absolute Gasteiger partial charge is 0.349 e. The lowest BCUT2D eigenvalue weighted by atomic mass is 10.0. The molecule has 0 aliphatic heterocycles. The summed E-state index contributed by atoms with van der Waals surface area (Å²) in [7, 11) is 0. The van der Waals surface area contributed by atoms with Crippen LogP contribution in [0.4, 0.5) is 0 Å². The van der Waals surface area contributed by atoms with Gasteiger partial charge in [-0.2, -0.15) is 0 Å². The molecule has 3 aromatic rings. The third-order valence-corrected chi connectivity index (χ3v) is 6.39. The molecule has 5 nitrogen and oxygen atoms in total. The Kier molecular flexibility index (Phi) is 6.53. The van der Waals surface area contributed by atoms with Crippen LogP contribution in [0.25, 0.3) is 0 Å². The van der Waals surface area contributed by atoms with Crippen LogP contribution in [0.3, 0.4) is 0 Å². The van der Waals surface area contributed by atoms with E-state index in [-0.39, 0.29) is 11.9 Å². The van der Waals surface area contributed by atoms with Crippen molar-refractivity contribution in [3.8, 4) is 0 Å². The van der Waals surface area contributed by atoms with E-state index in [0.29, 0.717) is 11.7 Å². The second kappa shape index (κ2) is 9.47. The van der Waals surface area contributed by atoms with Crippen molar-refractivity contribution in [3.63, 3.8) is 0 Å². The molecular formula is C24H28N4OS. The maximum atomic E-state index is 12.7. The van der Waals surface area contributed by atoms with Crippen LogP contribution in [0.15, 0.2) is 59.8 Å². The summed E-state index contributed by atoms with van der Waals surface area (Å²) in [5.41, 5.74) is 3.58. The molecule has 0 spiro atoms. The van der Waals surface area contributed by atoms with E-state index in [9.17, 15) is 4.79 Å². The van der Waals surface area contributed by atoms with Gasteiger partial charge < -0.3 is 9.88 Å². The van der Waals surface area contributed by atoms with E-state index in [4.69, 9.17) is 0 Å². The van der Waals surface area contributed by atoms with Crippen molar-refractivity contribution in [1.82, 2.24) is 20.1 Å². The van der Waals surface area contributed by atoms with Gasteiger partial charge in [0.1, 0.15) is 5.82 Å². The molecule has 0 radical (unpaired) electrons. The molecule has 1 aliphatic rings. The summed E-state index contributed by atoms with van der Waals surface area (Å²) < 4.78 is 2.18. The van der Waals surface area contributed by atoms with Gasteiger partial charge in [-0.3, -0.25) is 4.79 Å². The van der Waals surface area contributed by atoms with Crippen molar-refractivity contribution in [1.29, 1.82) is 0 Å². The van der Waals surface area contributed by atoms with Crippen molar-refractivity contribution in [2.75, 3.05) is 5.75 Å². The van der Waals surface area contributed by atoms with Gasteiger partial charge in [-0.1, -0.05) is 78.8 Å². The third kappa shape index (κ3) is 5.11. The van der Waals surface area contributed by atoms with Crippen molar-refractivity contribution in [3.05, 3.63) is 77.1 Å². The average Bonchev–Trinajstić information content (AvgIpc) is 3.53. The molecule has 6 heteroatoms. The molecular weight excluding hydrogens is 392 g/mol. The van der Waals surface area contributed by atoms with Gasteiger partial charge in [0, 0.05) is 5.92 Å². The van der Waals surface area contributed by atoms with E-state index < -0.39 is 0 Å². The average molecular weight is 421 g/mol. The molecule has 1 aliphatic carbocycles. The first-order valence-corrected chi connectivity index (χ1v) is 11.6. The van der Waals surface area contributed by atoms with E-state index in [2.05, 4.69) is 70.3 Å². The predicted octanol–water partition coefficient (Wildman–Crippen LogP) is 4.87. The molecule has 1 aromatic heterocycles. The number of amides is 1. The van der Waals surface area contributed by atoms with Gasteiger partial charge in [0.15, 0.2) is 5.16 Å². The number of nitrogens with one attached hydrogen (secondary N) is 1. The molecule has 1 heterocycles. The van der Waals surface area contributed by atoms with Crippen molar-refractivity contribution < 1.29 is 4.79 Å². The zero-order valence-corrected chi connectivity index (χ0v) is 18.4. The minimum atomic E-state index is 0.0228. The third-order valence-electron chi connectivity index (χ3n) is 5.43. The van der Waals surface area contributed by atoms with E-state index >= 15 is 0 Å². The van der Waals surface area contributed by atoms with Gasteiger partial charge in [0.05, 0.1) is 18.3 Å². The highest BCUT2D eigenvalue weighted by atomic mass is 32.2. The molecule has 1 amide bonds. The van der Waals surface area contributed by atoms with Gasteiger partial charge in [-0.15, -0.1) is 10.2 Å². The van der Waals surface area contributed by atoms with Gasteiger partial charge in [0.2, 0.25) is 5.91 Å². The second-order valence-electron chi connectivity index (χ2n) is 7.91. The van der Waals surface area contributed by atoms with Crippen molar-refractivity contribution >= 4 is 17.7 Å². The Morgan fingerprint density at radius 2 is 1.87 bits per heavy atom. The fourth-order valence-electron chi connectivity index (χ4n) is 3.55. The SMILES string of the molecule is CC[C@H](NC(=O)CSc1nnc(C2CC2)n1Cc1ccccc1)c1ccc(C)cc1. The smallest absolute Gasteiger partial charge is 0.230 e. The summed E-state index contributed by atoms with van der Waals surface area (Å²) in [6, 6.07) is 18.7. The van der Waals surface area contributed by atoms with Gasteiger partial charge in [-0.25, -0.2) is 0 Å². The minimum absolute atomic E-state index is 0.0228. The molecule has 1 N–H and O–H groups in total. The second-order valence-corrected chi connectivity index (χ2v) is 8.86. The highest BCUT2D eigenvalue weighted by Gasteiger charge is 2.30. The van der Waals surface area contributed by atoms with E-state index in [1.807, 2.05) is 18.2 Å². The maximum Gasteiger partial charge on any atom is 0.230 e. The van der Waals surface area contributed by atoms with E-state index in [1.165, 1.54) is 35.7 Å². The molecule has 0 saturated heterocycles. The van der Waals surface area contributed by atoms with Crippen molar-refractivity contribution in [2.45, 2.75) is 56.8 Å². The van der Waals surface area contributed by atoms with Crippen LogP contribution in [-0.2, 0) is 11.3 Å². The number of thioether (sulfide) groups is 1. The number of carbonyl (C=O) groups is 1. The quantitative estimate of drug-likeness (QED) is 0.502. The summed E-state index contributed by atoms with van der Waals surface area (Å²) in [5.74, 6) is 1.91. The van der Waals surface area contributed by atoms with Crippen LogP contribution < -0.4 is 5.32 Å². The number of aryl methyl sites for hydroxylation is 1. The number of benzene rings is 2. The zero-order chi connectivity index (χ0) is 20.9. The predicted molar refractivity (Wildman–Crippen MR) is 121 cm³/mol. The first-order chi connectivity index (χ1) is 14.6. The zero-order valence-electron chi connectivity index (χ0n) is 17.5. The lowest BCUT2D eigenvalue weighted by Gasteiger charge is -2.17.